The Morgan fingerprint density at radius 1 is 1.37 bits per heavy atom. The van der Waals surface area contributed by atoms with Crippen LogP contribution in [0, 0.1) is 0 Å². The quantitative estimate of drug-likeness (QED) is 0.787. The summed E-state index contributed by atoms with van der Waals surface area (Å²) in [4.78, 5) is 2.20. The number of likely N-dealkylation sites (N-methyl/N-ethyl adjacent to an activating group) is 1. The lowest BCUT2D eigenvalue weighted by Crippen LogP contribution is -2.30. The van der Waals surface area contributed by atoms with E-state index in [4.69, 9.17) is 0 Å². The van der Waals surface area contributed by atoms with Crippen molar-refractivity contribution in [3.05, 3.63) is 29.8 Å². The highest BCUT2D eigenvalue weighted by atomic mass is 19.3. The molecule has 0 aliphatic rings. The summed E-state index contributed by atoms with van der Waals surface area (Å²) in [5.74, 6) is 0.201. The molecule has 0 aliphatic heterocycles. The molecular weight excluding hydrogens is 250 g/mol. The lowest BCUT2D eigenvalue weighted by atomic mass is 10.1. The Labute approximate surface area is 113 Å². The topological polar surface area (TPSA) is 24.5 Å². The summed E-state index contributed by atoms with van der Waals surface area (Å²) >= 11 is 0. The molecule has 19 heavy (non-hydrogen) atoms. The van der Waals surface area contributed by atoms with Gasteiger partial charge in [-0.25, -0.2) is 0 Å². The van der Waals surface area contributed by atoms with Crippen LogP contribution < -0.4 is 10.1 Å². The van der Waals surface area contributed by atoms with Crippen molar-refractivity contribution in [3.63, 3.8) is 0 Å². The smallest absolute Gasteiger partial charge is 0.387 e. The second-order valence-corrected chi connectivity index (χ2v) is 4.52. The standard InChI is InChI=1S/C14H22F2N2O/c1-4-18(3)9-8-17-11(2)12-6-5-7-13(10-12)19-14(15)16/h5-7,10-11,14,17H,4,8-9H2,1-3H3. The molecule has 1 atom stereocenters. The van der Waals surface area contributed by atoms with Gasteiger partial charge in [-0.1, -0.05) is 19.1 Å². The zero-order valence-electron chi connectivity index (χ0n) is 11.7. The number of halogens is 2. The molecule has 0 spiro atoms. The monoisotopic (exact) mass is 272 g/mol. The molecule has 0 saturated heterocycles. The van der Waals surface area contributed by atoms with Gasteiger partial charge in [-0.05, 0) is 38.2 Å². The van der Waals surface area contributed by atoms with Crippen LogP contribution in [0.1, 0.15) is 25.5 Å². The van der Waals surface area contributed by atoms with Gasteiger partial charge in [0.15, 0.2) is 0 Å². The van der Waals surface area contributed by atoms with Crippen LogP contribution in [-0.4, -0.2) is 38.2 Å². The largest absolute Gasteiger partial charge is 0.435 e. The third-order valence-corrected chi connectivity index (χ3v) is 3.07. The van der Waals surface area contributed by atoms with E-state index in [-0.39, 0.29) is 11.8 Å². The minimum absolute atomic E-state index is 0.103. The SMILES string of the molecule is CCN(C)CCNC(C)c1cccc(OC(F)F)c1. The third-order valence-electron chi connectivity index (χ3n) is 3.07. The number of alkyl halides is 2. The van der Waals surface area contributed by atoms with Gasteiger partial charge in [-0.3, -0.25) is 0 Å². The minimum atomic E-state index is -2.78. The van der Waals surface area contributed by atoms with Crippen LogP contribution in [0.2, 0.25) is 0 Å². The summed E-state index contributed by atoms with van der Waals surface area (Å²) in [6, 6.07) is 6.91. The third kappa shape index (κ3) is 5.98. The van der Waals surface area contributed by atoms with Crippen LogP contribution in [0.5, 0.6) is 5.75 Å². The molecule has 0 fully saturated rings. The zero-order chi connectivity index (χ0) is 14.3. The molecule has 1 aromatic carbocycles. The number of hydrogen-bond acceptors (Lipinski definition) is 3. The van der Waals surface area contributed by atoms with Crippen LogP contribution >= 0.6 is 0 Å². The first-order valence-corrected chi connectivity index (χ1v) is 6.49. The lowest BCUT2D eigenvalue weighted by Gasteiger charge is -2.18. The maximum absolute atomic E-state index is 12.1. The Bertz CT molecular complexity index is 374. The maximum atomic E-state index is 12.1. The highest BCUT2D eigenvalue weighted by molar-refractivity contribution is 5.30. The van der Waals surface area contributed by atoms with Gasteiger partial charge >= 0.3 is 6.61 Å². The fraction of sp³-hybridized carbons (Fsp3) is 0.571. The number of rotatable bonds is 8. The van der Waals surface area contributed by atoms with Gasteiger partial charge in [0.1, 0.15) is 5.75 Å². The van der Waals surface area contributed by atoms with E-state index in [1.165, 1.54) is 6.07 Å². The highest BCUT2D eigenvalue weighted by Crippen LogP contribution is 2.20. The normalized spacial score (nSPS) is 13.0. The van der Waals surface area contributed by atoms with Gasteiger partial charge in [0.05, 0.1) is 0 Å². The summed E-state index contributed by atoms with van der Waals surface area (Å²) in [7, 11) is 2.06. The predicted octanol–water partition coefficient (Wildman–Crippen LogP) is 2.89. The van der Waals surface area contributed by atoms with Crippen molar-refractivity contribution in [2.24, 2.45) is 0 Å². The Kier molecular flexibility index (Phi) is 6.73. The van der Waals surface area contributed by atoms with E-state index >= 15 is 0 Å². The Balaban J connectivity index is 2.49. The van der Waals surface area contributed by atoms with Crippen molar-refractivity contribution < 1.29 is 13.5 Å². The zero-order valence-corrected chi connectivity index (χ0v) is 11.7. The molecule has 0 radical (unpaired) electrons. The summed E-state index contributed by atoms with van der Waals surface area (Å²) in [5, 5.41) is 3.36. The van der Waals surface area contributed by atoms with Crippen LogP contribution in [0.3, 0.4) is 0 Å². The average molecular weight is 272 g/mol. The summed E-state index contributed by atoms with van der Waals surface area (Å²) in [5.41, 5.74) is 0.942. The van der Waals surface area contributed by atoms with E-state index in [0.717, 1.165) is 25.2 Å². The van der Waals surface area contributed by atoms with Crippen molar-refractivity contribution in [1.82, 2.24) is 10.2 Å². The number of hydrogen-bond donors (Lipinski definition) is 1. The molecule has 108 valence electrons. The van der Waals surface area contributed by atoms with Crippen LogP contribution in [-0.2, 0) is 0 Å². The van der Waals surface area contributed by atoms with E-state index in [2.05, 4.69) is 28.9 Å². The molecular formula is C14H22F2N2O. The van der Waals surface area contributed by atoms with Crippen molar-refractivity contribution in [2.45, 2.75) is 26.5 Å². The van der Waals surface area contributed by atoms with Crippen molar-refractivity contribution >= 4 is 0 Å². The second kappa shape index (κ2) is 8.07. The fourth-order valence-electron chi connectivity index (χ4n) is 1.71. The van der Waals surface area contributed by atoms with E-state index < -0.39 is 6.61 Å². The van der Waals surface area contributed by atoms with Gasteiger partial charge in [-0.15, -0.1) is 0 Å². The fourth-order valence-corrected chi connectivity index (χ4v) is 1.71. The molecule has 1 rings (SSSR count). The molecule has 0 heterocycles. The van der Waals surface area contributed by atoms with Crippen LogP contribution in [0.25, 0.3) is 0 Å². The van der Waals surface area contributed by atoms with E-state index in [9.17, 15) is 8.78 Å². The van der Waals surface area contributed by atoms with Crippen LogP contribution in [0.15, 0.2) is 24.3 Å². The first kappa shape index (κ1) is 15.9. The Morgan fingerprint density at radius 2 is 2.11 bits per heavy atom. The van der Waals surface area contributed by atoms with E-state index in [1.54, 1.807) is 12.1 Å². The molecule has 0 amide bonds. The van der Waals surface area contributed by atoms with Crippen molar-refractivity contribution in [2.75, 3.05) is 26.7 Å². The molecule has 0 saturated carbocycles. The average Bonchev–Trinajstić information content (AvgIpc) is 2.37. The summed E-state index contributed by atoms with van der Waals surface area (Å²) in [6.45, 7) is 4.15. The van der Waals surface area contributed by atoms with Gasteiger partial charge in [-0.2, -0.15) is 8.78 Å². The van der Waals surface area contributed by atoms with Gasteiger partial charge in [0, 0.05) is 19.1 Å². The predicted molar refractivity (Wildman–Crippen MR) is 72.7 cm³/mol. The van der Waals surface area contributed by atoms with Gasteiger partial charge in [0.2, 0.25) is 0 Å². The molecule has 0 aromatic heterocycles. The van der Waals surface area contributed by atoms with Crippen molar-refractivity contribution in [1.29, 1.82) is 0 Å². The lowest BCUT2D eigenvalue weighted by molar-refractivity contribution is -0.0499. The van der Waals surface area contributed by atoms with Gasteiger partial charge in [0.25, 0.3) is 0 Å². The molecule has 0 bridgehead atoms. The maximum Gasteiger partial charge on any atom is 0.387 e. The van der Waals surface area contributed by atoms with E-state index in [1.807, 2.05) is 13.0 Å². The first-order valence-electron chi connectivity index (χ1n) is 6.49. The molecule has 5 heteroatoms. The molecule has 3 nitrogen and oxygen atoms in total. The summed E-state index contributed by atoms with van der Waals surface area (Å²) in [6.07, 6.45) is 0. The van der Waals surface area contributed by atoms with Gasteiger partial charge < -0.3 is 15.0 Å². The Morgan fingerprint density at radius 3 is 2.74 bits per heavy atom. The van der Waals surface area contributed by atoms with Crippen molar-refractivity contribution in [3.8, 4) is 5.75 Å². The second-order valence-electron chi connectivity index (χ2n) is 4.52. The molecule has 1 aromatic rings. The van der Waals surface area contributed by atoms with E-state index in [0.29, 0.717) is 0 Å². The summed E-state index contributed by atoms with van der Waals surface area (Å²) < 4.78 is 28.7. The van der Waals surface area contributed by atoms with Crippen LogP contribution in [0.4, 0.5) is 8.78 Å². The number of nitrogens with one attached hydrogen (secondary N) is 1. The number of benzene rings is 1. The molecule has 0 aliphatic carbocycles. The molecule has 1 unspecified atom stereocenters. The highest BCUT2D eigenvalue weighted by Gasteiger charge is 2.08. The minimum Gasteiger partial charge on any atom is -0.435 e. The first-order chi connectivity index (χ1) is 9.02. The number of ether oxygens (including phenoxy) is 1. The Hall–Kier alpha value is -1.20. The number of nitrogens with zero attached hydrogens (tertiary/aromatic N) is 1. The molecule has 1 N–H and O–H groups in total.